The SMILES string of the molecule is Cl.Nc1nc(F)nc2nc[nH]c12. The Morgan fingerprint density at radius 3 is 2.92 bits per heavy atom. The molecule has 0 atom stereocenters. The lowest BCUT2D eigenvalue weighted by Gasteiger charge is -1.91. The van der Waals surface area contributed by atoms with Crippen LogP contribution in [0.2, 0.25) is 0 Å². The lowest BCUT2D eigenvalue weighted by Crippen LogP contribution is -1.97. The highest BCUT2D eigenvalue weighted by atomic mass is 35.5. The molecule has 7 heteroatoms. The van der Waals surface area contributed by atoms with E-state index in [1.807, 2.05) is 0 Å². The monoisotopic (exact) mass is 189 g/mol. The van der Waals surface area contributed by atoms with E-state index in [0.717, 1.165) is 0 Å². The fourth-order valence-corrected chi connectivity index (χ4v) is 0.828. The van der Waals surface area contributed by atoms with Crippen LogP contribution in [0.25, 0.3) is 11.2 Å². The molecule has 0 aromatic carbocycles. The van der Waals surface area contributed by atoms with Crippen molar-refractivity contribution < 1.29 is 4.39 Å². The summed E-state index contributed by atoms with van der Waals surface area (Å²) in [5.74, 6) is 0.0741. The summed E-state index contributed by atoms with van der Waals surface area (Å²) in [6.45, 7) is 0. The Bertz CT molecular complexity index is 400. The van der Waals surface area contributed by atoms with Gasteiger partial charge in [-0.25, -0.2) is 4.98 Å². The van der Waals surface area contributed by atoms with Crippen molar-refractivity contribution in [2.75, 3.05) is 5.73 Å². The maximum atomic E-state index is 12.4. The van der Waals surface area contributed by atoms with Gasteiger partial charge in [0, 0.05) is 0 Å². The molecule has 0 spiro atoms. The summed E-state index contributed by atoms with van der Waals surface area (Å²) in [6, 6.07) is 0. The highest BCUT2D eigenvalue weighted by Gasteiger charge is 2.04. The van der Waals surface area contributed by atoms with Crippen molar-refractivity contribution in [2.24, 2.45) is 0 Å². The molecule has 0 radical (unpaired) electrons. The second kappa shape index (κ2) is 2.90. The van der Waals surface area contributed by atoms with E-state index in [4.69, 9.17) is 5.73 Å². The Balaban J connectivity index is 0.000000720. The Morgan fingerprint density at radius 2 is 2.17 bits per heavy atom. The lowest BCUT2D eigenvalue weighted by molar-refractivity contribution is 0.546. The number of halogens is 2. The molecule has 12 heavy (non-hydrogen) atoms. The summed E-state index contributed by atoms with van der Waals surface area (Å²) in [6.07, 6.45) is 0.525. The number of H-pyrrole nitrogens is 1. The molecule has 0 aliphatic rings. The fraction of sp³-hybridized carbons (Fsp3) is 0. The second-order valence-electron chi connectivity index (χ2n) is 1.98. The number of hydrogen-bond acceptors (Lipinski definition) is 4. The number of hydrogen-bond donors (Lipinski definition) is 2. The summed E-state index contributed by atoms with van der Waals surface area (Å²) >= 11 is 0. The highest BCUT2D eigenvalue weighted by molar-refractivity contribution is 5.85. The van der Waals surface area contributed by atoms with Crippen LogP contribution in [-0.2, 0) is 0 Å². The van der Waals surface area contributed by atoms with E-state index in [1.165, 1.54) is 6.33 Å². The molecule has 64 valence electrons. The summed E-state index contributed by atoms with van der Waals surface area (Å²) < 4.78 is 12.4. The van der Waals surface area contributed by atoms with Crippen LogP contribution in [0.1, 0.15) is 0 Å². The number of aromatic nitrogens is 4. The first-order valence-electron chi connectivity index (χ1n) is 2.89. The number of nitrogens with zero attached hydrogens (tertiary/aromatic N) is 3. The van der Waals surface area contributed by atoms with Crippen molar-refractivity contribution in [1.29, 1.82) is 0 Å². The molecule has 2 rings (SSSR count). The zero-order valence-corrected chi connectivity index (χ0v) is 6.60. The van der Waals surface area contributed by atoms with Gasteiger partial charge in [0.1, 0.15) is 5.52 Å². The topological polar surface area (TPSA) is 80.5 Å². The number of nitrogens with one attached hydrogen (secondary N) is 1. The summed E-state index contributed by atoms with van der Waals surface area (Å²) in [4.78, 5) is 13.1. The predicted octanol–water partition coefficient (Wildman–Crippen LogP) is 0.496. The van der Waals surface area contributed by atoms with Gasteiger partial charge in [0.15, 0.2) is 11.5 Å². The smallest absolute Gasteiger partial charge is 0.312 e. The number of aromatic amines is 1. The van der Waals surface area contributed by atoms with Crippen LogP contribution in [0.3, 0.4) is 0 Å². The van der Waals surface area contributed by atoms with Crippen molar-refractivity contribution in [3.05, 3.63) is 12.4 Å². The number of anilines is 1. The first-order chi connectivity index (χ1) is 5.27. The minimum absolute atomic E-state index is 0. The van der Waals surface area contributed by atoms with E-state index in [9.17, 15) is 4.39 Å². The van der Waals surface area contributed by atoms with Crippen LogP contribution in [0, 0.1) is 6.08 Å². The Labute approximate surface area is 72.6 Å². The largest absolute Gasteiger partial charge is 0.382 e. The van der Waals surface area contributed by atoms with Gasteiger partial charge < -0.3 is 10.7 Å². The van der Waals surface area contributed by atoms with E-state index in [1.54, 1.807) is 0 Å². The van der Waals surface area contributed by atoms with E-state index < -0.39 is 6.08 Å². The van der Waals surface area contributed by atoms with Crippen LogP contribution in [-0.4, -0.2) is 19.9 Å². The summed E-state index contributed by atoms with van der Waals surface area (Å²) in [5.41, 5.74) is 6.05. The van der Waals surface area contributed by atoms with Crippen molar-refractivity contribution in [3.8, 4) is 0 Å². The third-order valence-electron chi connectivity index (χ3n) is 1.29. The van der Waals surface area contributed by atoms with Gasteiger partial charge in [-0.1, -0.05) is 0 Å². The molecule has 2 heterocycles. The Kier molecular flexibility index (Phi) is 2.09. The van der Waals surface area contributed by atoms with Crippen LogP contribution in [0.5, 0.6) is 0 Å². The van der Waals surface area contributed by atoms with Crippen molar-refractivity contribution in [1.82, 2.24) is 19.9 Å². The van der Waals surface area contributed by atoms with E-state index in [-0.39, 0.29) is 23.9 Å². The van der Waals surface area contributed by atoms with E-state index >= 15 is 0 Å². The number of fused-ring (bicyclic) bond motifs is 1. The fourth-order valence-electron chi connectivity index (χ4n) is 0.828. The van der Waals surface area contributed by atoms with Gasteiger partial charge in [0.2, 0.25) is 0 Å². The Morgan fingerprint density at radius 1 is 1.42 bits per heavy atom. The van der Waals surface area contributed by atoms with E-state index in [2.05, 4.69) is 19.9 Å². The molecule has 0 aliphatic heterocycles. The quantitative estimate of drug-likeness (QED) is 0.592. The number of rotatable bonds is 0. The standard InChI is InChI=1S/C5H4FN5.ClH/c6-5-10-3(7)2-4(11-5)9-1-8-2;/h1H,(H3,7,8,9,10,11);1H. The van der Waals surface area contributed by atoms with Crippen molar-refractivity contribution in [2.45, 2.75) is 0 Å². The molecule has 0 aliphatic carbocycles. The molecule has 0 bridgehead atoms. The van der Waals surface area contributed by atoms with Gasteiger partial charge in [-0.2, -0.15) is 14.4 Å². The lowest BCUT2D eigenvalue weighted by atomic mass is 10.5. The summed E-state index contributed by atoms with van der Waals surface area (Å²) in [5, 5.41) is 0. The van der Waals surface area contributed by atoms with E-state index in [0.29, 0.717) is 5.52 Å². The highest BCUT2D eigenvalue weighted by Crippen LogP contribution is 2.11. The van der Waals surface area contributed by atoms with Crippen LogP contribution >= 0.6 is 12.4 Å². The molecule has 0 fully saturated rings. The van der Waals surface area contributed by atoms with Crippen molar-refractivity contribution in [3.63, 3.8) is 0 Å². The first kappa shape index (κ1) is 8.66. The maximum Gasteiger partial charge on any atom is 0.312 e. The Hall–Kier alpha value is -1.43. The number of nitrogens with two attached hydrogens (primary N) is 1. The minimum atomic E-state index is -0.859. The average Bonchev–Trinajstić information content (AvgIpc) is 2.34. The first-order valence-corrected chi connectivity index (χ1v) is 2.89. The zero-order valence-electron chi connectivity index (χ0n) is 5.78. The average molecular weight is 190 g/mol. The van der Waals surface area contributed by atoms with Crippen molar-refractivity contribution >= 4 is 29.4 Å². The molecule has 0 amide bonds. The number of imidazole rings is 1. The molecule has 0 unspecified atom stereocenters. The van der Waals surface area contributed by atoms with Crippen LogP contribution < -0.4 is 5.73 Å². The second-order valence-corrected chi connectivity index (χ2v) is 1.98. The van der Waals surface area contributed by atoms with Gasteiger partial charge in [-0.15, -0.1) is 12.4 Å². The molecule has 5 nitrogen and oxygen atoms in total. The predicted molar refractivity (Wildman–Crippen MR) is 43.3 cm³/mol. The molecule has 3 N–H and O–H groups in total. The maximum absolute atomic E-state index is 12.4. The third-order valence-corrected chi connectivity index (χ3v) is 1.29. The third kappa shape index (κ3) is 1.16. The van der Waals surface area contributed by atoms with Crippen LogP contribution in [0.15, 0.2) is 6.33 Å². The summed E-state index contributed by atoms with van der Waals surface area (Å²) in [7, 11) is 0. The van der Waals surface area contributed by atoms with Gasteiger partial charge in [-0.3, -0.25) is 0 Å². The molecule has 2 aromatic heterocycles. The number of nitrogen functional groups attached to an aromatic ring is 1. The minimum Gasteiger partial charge on any atom is -0.382 e. The zero-order chi connectivity index (χ0) is 7.84. The normalized spacial score (nSPS) is 9.75. The molecular weight excluding hydrogens is 185 g/mol. The molecular formula is C5H5ClFN5. The van der Waals surface area contributed by atoms with Gasteiger partial charge >= 0.3 is 6.08 Å². The molecule has 0 saturated heterocycles. The van der Waals surface area contributed by atoms with Gasteiger partial charge in [-0.05, 0) is 0 Å². The van der Waals surface area contributed by atoms with Gasteiger partial charge in [0.25, 0.3) is 0 Å². The van der Waals surface area contributed by atoms with Crippen LogP contribution in [0.4, 0.5) is 10.2 Å². The molecule has 0 saturated carbocycles. The van der Waals surface area contributed by atoms with Gasteiger partial charge in [0.05, 0.1) is 6.33 Å². The molecule has 2 aromatic rings.